The van der Waals surface area contributed by atoms with Crippen LogP contribution in [0, 0.1) is 11.8 Å². The lowest BCUT2D eigenvalue weighted by molar-refractivity contribution is -0.138. The molecule has 0 aromatic heterocycles. The number of carbonyl (C=O) groups is 1. The predicted octanol–water partition coefficient (Wildman–Crippen LogP) is 1.39. The predicted molar refractivity (Wildman–Crippen MR) is 71.1 cm³/mol. The largest absolute Gasteiger partial charge is 0.384 e. The normalized spacial score (nSPS) is 36.9. The minimum atomic E-state index is -0.598. The van der Waals surface area contributed by atoms with Crippen molar-refractivity contribution in [2.45, 2.75) is 44.6 Å². The van der Waals surface area contributed by atoms with Crippen LogP contribution in [0.25, 0.3) is 0 Å². The fourth-order valence-corrected chi connectivity index (χ4v) is 3.49. The summed E-state index contributed by atoms with van der Waals surface area (Å²) in [5.74, 6) is 1.24. The van der Waals surface area contributed by atoms with Crippen molar-refractivity contribution in [3.63, 3.8) is 0 Å². The molecule has 1 amide bonds. The number of amides is 1. The van der Waals surface area contributed by atoms with E-state index < -0.39 is 5.54 Å². The molecular weight excluding hydrogens is 228 g/mol. The molecule has 3 atom stereocenters. The summed E-state index contributed by atoms with van der Waals surface area (Å²) in [7, 11) is 1.72. The topological polar surface area (TPSA) is 55.6 Å². The van der Waals surface area contributed by atoms with Gasteiger partial charge in [-0.15, -0.1) is 0 Å². The second kappa shape index (κ2) is 5.57. The van der Waals surface area contributed by atoms with Gasteiger partial charge in [-0.25, -0.2) is 0 Å². The average Bonchev–Trinajstić information content (AvgIpc) is 2.77. The first-order chi connectivity index (χ1) is 8.55. The lowest BCUT2D eigenvalue weighted by Gasteiger charge is -2.38. The first kappa shape index (κ1) is 13.8. The van der Waals surface area contributed by atoms with Crippen LogP contribution < -0.4 is 5.73 Å². The highest BCUT2D eigenvalue weighted by Gasteiger charge is 2.42. The van der Waals surface area contributed by atoms with E-state index in [-0.39, 0.29) is 5.91 Å². The Labute approximate surface area is 110 Å². The van der Waals surface area contributed by atoms with Crippen molar-refractivity contribution in [3.05, 3.63) is 0 Å². The number of carbonyl (C=O) groups excluding carboxylic acids is 1. The van der Waals surface area contributed by atoms with Gasteiger partial charge in [0.2, 0.25) is 5.91 Å². The molecule has 1 saturated heterocycles. The summed E-state index contributed by atoms with van der Waals surface area (Å²) < 4.78 is 5.17. The molecule has 0 radical (unpaired) electrons. The zero-order chi connectivity index (χ0) is 13.2. The van der Waals surface area contributed by atoms with E-state index in [1.165, 1.54) is 6.42 Å². The number of methoxy groups -OCH3 is 1. The van der Waals surface area contributed by atoms with Crippen molar-refractivity contribution in [2.75, 3.05) is 26.8 Å². The summed E-state index contributed by atoms with van der Waals surface area (Å²) in [4.78, 5) is 14.5. The van der Waals surface area contributed by atoms with Crippen molar-refractivity contribution in [2.24, 2.45) is 17.6 Å². The van der Waals surface area contributed by atoms with Gasteiger partial charge in [0.05, 0.1) is 12.1 Å². The number of likely N-dealkylation sites (tertiary alicyclic amines) is 1. The highest BCUT2D eigenvalue weighted by atomic mass is 16.5. The van der Waals surface area contributed by atoms with Crippen LogP contribution in [0.4, 0.5) is 0 Å². The molecule has 1 aliphatic carbocycles. The molecule has 1 aliphatic heterocycles. The van der Waals surface area contributed by atoms with Gasteiger partial charge in [-0.05, 0) is 25.2 Å². The van der Waals surface area contributed by atoms with E-state index in [1.54, 1.807) is 7.11 Å². The molecular formula is C14H26N2O2. The number of hydrogen-bond donors (Lipinski definition) is 1. The molecule has 0 bridgehead atoms. The van der Waals surface area contributed by atoms with Crippen LogP contribution in [0.2, 0.25) is 0 Å². The third kappa shape index (κ3) is 2.86. The van der Waals surface area contributed by atoms with E-state index in [4.69, 9.17) is 10.5 Å². The number of nitrogens with two attached hydrogens (primary N) is 1. The molecule has 2 rings (SSSR count). The van der Waals surface area contributed by atoms with Crippen LogP contribution in [0.1, 0.15) is 39.0 Å². The Morgan fingerprint density at radius 3 is 2.94 bits per heavy atom. The van der Waals surface area contributed by atoms with Crippen LogP contribution in [0.3, 0.4) is 0 Å². The van der Waals surface area contributed by atoms with Gasteiger partial charge in [0, 0.05) is 26.1 Å². The smallest absolute Gasteiger partial charge is 0.242 e. The summed E-state index contributed by atoms with van der Waals surface area (Å²) in [5, 5.41) is 0. The number of hydrogen-bond acceptors (Lipinski definition) is 3. The molecule has 4 nitrogen and oxygen atoms in total. The minimum Gasteiger partial charge on any atom is -0.384 e. The van der Waals surface area contributed by atoms with Crippen LogP contribution in [-0.2, 0) is 9.53 Å². The Morgan fingerprint density at radius 1 is 1.50 bits per heavy atom. The van der Waals surface area contributed by atoms with E-state index in [1.807, 2.05) is 4.90 Å². The first-order valence-electron chi connectivity index (χ1n) is 7.12. The maximum atomic E-state index is 12.6. The molecule has 4 heteroatoms. The molecule has 3 unspecified atom stereocenters. The van der Waals surface area contributed by atoms with Crippen molar-refractivity contribution >= 4 is 5.91 Å². The van der Waals surface area contributed by atoms with Gasteiger partial charge in [-0.2, -0.15) is 0 Å². The minimum absolute atomic E-state index is 0.174. The average molecular weight is 254 g/mol. The fraction of sp³-hybridized carbons (Fsp3) is 0.929. The van der Waals surface area contributed by atoms with Gasteiger partial charge in [-0.1, -0.05) is 19.8 Å². The zero-order valence-electron chi connectivity index (χ0n) is 11.7. The first-order valence-corrected chi connectivity index (χ1v) is 7.12. The number of nitrogens with zero attached hydrogens (tertiary/aromatic N) is 1. The molecule has 1 heterocycles. The highest BCUT2D eigenvalue weighted by molar-refractivity contribution is 5.86. The third-order valence-corrected chi connectivity index (χ3v) is 4.43. The van der Waals surface area contributed by atoms with Crippen molar-refractivity contribution in [1.29, 1.82) is 0 Å². The van der Waals surface area contributed by atoms with Gasteiger partial charge < -0.3 is 15.4 Å². The van der Waals surface area contributed by atoms with E-state index in [9.17, 15) is 4.79 Å². The number of rotatable bonds is 3. The van der Waals surface area contributed by atoms with E-state index in [0.717, 1.165) is 45.4 Å². The Hall–Kier alpha value is -0.610. The number of ether oxygens (including phenoxy) is 1. The molecule has 18 heavy (non-hydrogen) atoms. The van der Waals surface area contributed by atoms with Crippen molar-refractivity contribution in [3.8, 4) is 0 Å². The summed E-state index contributed by atoms with van der Waals surface area (Å²) in [5.41, 5.74) is 5.77. The van der Waals surface area contributed by atoms with Crippen molar-refractivity contribution < 1.29 is 9.53 Å². The molecule has 0 spiro atoms. The van der Waals surface area contributed by atoms with Gasteiger partial charge >= 0.3 is 0 Å². The molecule has 2 fully saturated rings. The second-order valence-electron chi connectivity index (χ2n) is 6.22. The maximum absolute atomic E-state index is 12.6. The third-order valence-electron chi connectivity index (χ3n) is 4.43. The second-order valence-corrected chi connectivity index (χ2v) is 6.22. The van der Waals surface area contributed by atoms with Crippen LogP contribution in [-0.4, -0.2) is 43.2 Å². The molecule has 0 aromatic carbocycles. The van der Waals surface area contributed by atoms with Crippen LogP contribution in [0.5, 0.6) is 0 Å². The summed E-state index contributed by atoms with van der Waals surface area (Å²) in [6.45, 7) is 4.61. The molecule has 0 aromatic rings. The van der Waals surface area contributed by atoms with Crippen LogP contribution >= 0.6 is 0 Å². The zero-order valence-corrected chi connectivity index (χ0v) is 11.7. The Bertz CT molecular complexity index is 308. The molecule has 1 saturated carbocycles. The van der Waals surface area contributed by atoms with Gasteiger partial charge in [-0.3, -0.25) is 4.79 Å². The van der Waals surface area contributed by atoms with Crippen molar-refractivity contribution in [1.82, 2.24) is 4.90 Å². The van der Waals surface area contributed by atoms with Crippen LogP contribution in [0.15, 0.2) is 0 Å². The standard InChI is InChI=1S/C14H26N2O2/c1-11-4-3-6-14(15,8-11)13(17)16-7-5-12(9-16)10-18-2/h11-12H,3-10,15H2,1-2H3. The fourth-order valence-electron chi connectivity index (χ4n) is 3.49. The van der Waals surface area contributed by atoms with E-state index in [0.29, 0.717) is 11.8 Å². The SMILES string of the molecule is COCC1CCN(C(=O)C2(N)CCCC(C)C2)C1. The monoisotopic (exact) mass is 254 g/mol. The molecule has 2 aliphatic rings. The summed E-state index contributed by atoms with van der Waals surface area (Å²) in [6, 6.07) is 0. The van der Waals surface area contributed by atoms with Gasteiger partial charge in [0.25, 0.3) is 0 Å². The Morgan fingerprint density at radius 2 is 2.28 bits per heavy atom. The molecule has 2 N–H and O–H groups in total. The maximum Gasteiger partial charge on any atom is 0.242 e. The van der Waals surface area contributed by atoms with Gasteiger partial charge in [0.1, 0.15) is 0 Å². The summed E-state index contributed by atoms with van der Waals surface area (Å²) >= 11 is 0. The van der Waals surface area contributed by atoms with E-state index in [2.05, 4.69) is 6.92 Å². The summed E-state index contributed by atoms with van der Waals surface area (Å²) in [6.07, 6.45) is 5.03. The Kier molecular flexibility index (Phi) is 4.28. The Balaban J connectivity index is 1.94. The lowest BCUT2D eigenvalue weighted by atomic mass is 9.76. The van der Waals surface area contributed by atoms with Gasteiger partial charge in [0.15, 0.2) is 0 Å². The molecule has 104 valence electrons. The highest BCUT2D eigenvalue weighted by Crippen LogP contribution is 2.33. The quantitative estimate of drug-likeness (QED) is 0.828. The lowest BCUT2D eigenvalue weighted by Crippen LogP contribution is -2.57. The van der Waals surface area contributed by atoms with E-state index >= 15 is 0 Å².